The number of methoxy groups -OCH3 is 1. The third-order valence-corrected chi connectivity index (χ3v) is 6.15. The molecule has 174 valence electrons. The number of aromatic nitrogens is 5. The summed E-state index contributed by atoms with van der Waals surface area (Å²) in [6.07, 6.45) is 4.49. The van der Waals surface area contributed by atoms with Crippen LogP contribution in [0.3, 0.4) is 0 Å². The van der Waals surface area contributed by atoms with E-state index < -0.39 is 0 Å². The zero-order chi connectivity index (χ0) is 23.7. The van der Waals surface area contributed by atoms with Crippen LogP contribution >= 0.6 is 11.6 Å². The fourth-order valence-corrected chi connectivity index (χ4v) is 4.43. The molecule has 0 amide bonds. The van der Waals surface area contributed by atoms with Gasteiger partial charge in [0.2, 0.25) is 0 Å². The van der Waals surface area contributed by atoms with Crippen LogP contribution in [-0.2, 0) is 13.1 Å². The molecule has 0 bridgehead atoms. The number of alkyl halides is 1. The average Bonchev–Trinajstić information content (AvgIpc) is 3.33. The fraction of sp³-hybridized carbons (Fsp3) is 0.240. The Kier molecular flexibility index (Phi) is 6.06. The quantitative estimate of drug-likeness (QED) is 0.294. The van der Waals surface area contributed by atoms with Crippen molar-refractivity contribution in [2.24, 2.45) is 0 Å². The Morgan fingerprint density at radius 1 is 1.00 bits per heavy atom. The number of halogens is 2. The van der Waals surface area contributed by atoms with Crippen molar-refractivity contribution in [3.8, 4) is 11.4 Å². The molecule has 3 heterocycles. The lowest BCUT2D eigenvalue weighted by Crippen LogP contribution is -2.25. The van der Waals surface area contributed by atoms with E-state index in [2.05, 4.69) is 4.98 Å². The lowest BCUT2D eigenvalue weighted by atomic mass is 10.3. The maximum atomic E-state index is 13.6. The number of fused-ring (bicyclic) bond motifs is 2. The zero-order valence-corrected chi connectivity index (χ0v) is 19.4. The Morgan fingerprint density at radius 2 is 1.82 bits per heavy atom. The summed E-state index contributed by atoms with van der Waals surface area (Å²) in [6, 6.07) is 14.7. The SMILES string of the molecule is COc1ccc(-n2c(=O)n(Cc3nc4cc(Cl)ccc4n3CCCCF)c3cnccc32)cc1. The number of rotatable bonds is 8. The molecule has 0 saturated heterocycles. The first kappa shape index (κ1) is 22.2. The topological polar surface area (TPSA) is 66.9 Å². The predicted molar refractivity (Wildman–Crippen MR) is 131 cm³/mol. The molecule has 7 nitrogen and oxygen atoms in total. The Balaban J connectivity index is 1.64. The molecule has 9 heteroatoms. The van der Waals surface area contributed by atoms with Crippen LogP contribution in [0.15, 0.2) is 65.7 Å². The highest BCUT2D eigenvalue weighted by atomic mass is 35.5. The van der Waals surface area contributed by atoms with Crippen LogP contribution < -0.4 is 10.4 Å². The van der Waals surface area contributed by atoms with E-state index in [0.717, 1.165) is 22.2 Å². The van der Waals surface area contributed by atoms with Crippen LogP contribution in [0, 0.1) is 0 Å². The van der Waals surface area contributed by atoms with Gasteiger partial charge in [0.15, 0.2) is 0 Å². The molecule has 3 aromatic heterocycles. The van der Waals surface area contributed by atoms with Crippen molar-refractivity contribution in [3.05, 3.63) is 82.3 Å². The molecule has 0 spiro atoms. The Bertz CT molecular complexity index is 1520. The molecular formula is C25H23ClFN5O2. The number of nitrogens with zero attached hydrogens (tertiary/aromatic N) is 5. The summed E-state index contributed by atoms with van der Waals surface area (Å²) in [4.78, 5) is 22.7. The molecular weight excluding hydrogens is 457 g/mol. The number of hydrogen-bond donors (Lipinski definition) is 0. The van der Waals surface area contributed by atoms with Crippen molar-refractivity contribution in [1.82, 2.24) is 23.7 Å². The van der Waals surface area contributed by atoms with Gasteiger partial charge in [-0.3, -0.25) is 18.5 Å². The van der Waals surface area contributed by atoms with Gasteiger partial charge in [0, 0.05) is 17.8 Å². The van der Waals surface area contributed by atoms with Crippen molar-refractivity contribution in [3.63, 3.8) is 0 Å². The number of ether oxygens (including phenoxy) is 1. The van der Waals surface area contributed by atoms with Gasteiger partial charge in [-0.15, -0.1) is 0 Å². The number of benzene rings is 2. The van der Waals surface area contributed by atoms with Gasteiger partial charge in [-0.05, 0) is 61.4 Å². The van der Waals surface area contributed by atoms with Crippen molar-refractivity contribution < 1.29 is 9.13 Å². The normalized spacial score (nSPS) is 11.5. The second-order valence-corrected chi connectivity index (χ2v) is 8.41. The van der Waals surface area contributed by atoms with Crippen molar-refractivity contribution in [1.29, 1.82) is 0 Å². The first-order valence-corrected chi connectivity index (χ1v) is 11.4. The van der Waals surface area contributed by atoms with Gasteiger partial charge < -0.3 is 9.30 Å². The van der Waals surface area contributed by atoms with Crippen LogP contribution in [0.5, 0.6) is 5.75 Å². The molecule has 0 atom stereocenters. The molecule has 2 aromatic carbocycles. The van der Waals surface area contributed by atoms with Gasteiger partial charge in [0.1, 0.15) is 11.6 Å². The van der Waals surface area contributed by atoms with E-state index in [-0.39, 0.29) is 18.9 Å². The van der Waals surface area contributed by atoms with E-state index in [1.54, 1.807) is 34.7 Å². The summed E-state index contributed by atoms with van der Waals surface area (Å²) >= 11 is 6.19. The largest absolute Gasteiger partial charge is 0.497 e. The number of hydrogen-bond acceptors (Lipinski definition) is 4. The second kappa shape index (κ2) is 9.30. The molecule has 5 rings (SSSR count). The number of aryl methyl sites for hydroxylation is 1. The van der Waals surface area contributed by atoms with Crippen LogP contribution in [0.25, 0.3) is 27.8 Å². The highest BCUT2D eigenvalue weighted by Gasteiger charge is 2.18. The van der Waals surface area contributed by atoms with Crippen LogP contribution in [-0.4, -0.2) is 37.5 Å². The van der Waals surface area contributed by atoms with Gasteiger partial charge in [-0.1, -0.05) is 11.6 Å². The first-order chi connectivity index (χ1) is 16.6. The second-order valence-electron chi connectivity index (χ2n) is 7.98. The van der Waals surface area contributed by atoms with Crippen LogP contribution in [0.1, 0.15) is 18.7 Å². The monoisotopic (exact) mass is 479 g/mol. The van der Waals surface area contributed by atoms with E-state index in [1.807, 2.05) is 47.0 Å². The van der Waals surface area contributed by atoms with E-state index in [1.165, 1.54) is 0 Å². The molecule has 0 aliphatic rings. The van der Waals surface area contributed by atoms with Crippen molar-refractivity contribution in [2.45, 2.75) is 25.9 Å². The average molecular weight is 480 g/mol. The van der Waals surface area contributed by atoms with Gasteiger partial charge in [0.25, 0.3) is 0 Å². The highest BCUT2D eigenvalue weighted by Crippen LogP contribution is 2.24. The minimum absolute atomic E-state index is 0.200. The smallest absolute Gasteiger partial charge is 0.334 e. The minimum Gasteiger partial charge on any atom is -0.497 e. The summed E-state index contributed by atoms with van der Waals surface area (Å²) in [5.74, 6) is 1.42. The third-order valence-electron chi connectivity index (χ3n) is 5.92. The van der Waals surface area contributed by atoms with E-state index >= 15 is 0 Å². The molecule has 0 aliphatic carbocycles. The van der Waals surface area contributed by atoms with E-state index in [9.17, 15) is 9.18 Å². The lowest BCUT2D eigenvalue weighted by molar-refractivity contribution is 0.414. The van der Waals surface area contributed by atoms with Gasteiger partial charge in [-0.25, -0.2) is 9.78 Å². The molecule has 0 aliphatic heterocycles. The molecule has 5 aromatic rings. The summed E-state index contributed by atoms with van der Waals surface area (Å²) in [5, 5.41) is 0.588. The summed E-state index contributed by atoms with van der Waals surface area (Å²) in [7, 11) is 1.60. The summed E-state index contributed by atoms with van der Waals surface area (Å²) in [5.41, 5.74) is 3.62. The van der Waals surface area contributed by atoms with Gasteiger partial charge >= 0.3 is 5.69 Å². The number of pyridine rings is 1. The Morgan fingerprint density at radius 3 is 2.59 bits per heavy atom. The Labute approximate surface area is 200 Å². The van der Waals surface area contributed by atoms with Crippen molar-refractivity contribution in [2.75, 3.05) is 13.8 Å². The minimum atomic E-state index is -0.367. The molecule has 34 heavy (non-hydrogen) atoms. The predicted octanol–water partition coefficient (Wildman–Crippen LogP) is 5.00. The first-order valence-electron chi connectivity index (χ1n) is 11.0. The van der Waals surface area contributed by atoms with Gasteiger partial charge in [-0.2, -0.15) is 0 Å². The number of unbranched alkanes of at least 4 members (excludes halogenated alkanes) is 1. The number of imidazole rings is 2. The summed E-state index contributed by atoms with van der Waals surface area (Å²) < 4.78 is 23.4. The maximum absolute atomic E-state index is 13.6. The van der Waals surface area contributed by atoms with Gasteiger partial charge in [0.05, 0.1) is 54.3 Å². The maximum Gasteiger partial charge on any atom is 0.334 e. The molecule has 0 radical (unpaired) electrons. The third kappa shape index (κ3) is 3.94. The Hall–Kier alpha value is -3.65. The molecule has 0 unspecified atom stereocenters. The molecule has 0 N–H and O–H groups in total. The summed E-state index contributed by atoms with van der Waals surface area (Å²) in [6.45, 7) is 0.474. The molecule has 0 saturated carbocycles. The lowest BCUT2D eigenvalue weighted by Gasteiger charge is -2.09. The van der Waals surface area contributed by atoms with E-state index in [0.29, 0.717) is 41.5 Å². The van der Waals surface area contributed by atoms with Crippen LogP contribution in [0.2, 0.25) is 5.02 Å². The van der Waals surface area contributed by atoms with E-state index in [4.69, 9.17) is 21.3 Å². The fourth-order valence-electron chi connectivity index (χ4n) is 4.27. The van der Waals surface area contributed by atoms with Crippen LogP contribution in [0.4, 0.5) is 4.39 Å². The standard InChI is InChI=1S/C25H23ClFN5O2/c1-34-19-7-5-18(6-8-19)32-22-10-12-28-15-23(22)31(25(32)33)16-24-29-20-14-17(26)4-9-21(20)30(24)13-3-2-11-27/h4-10,12,14-15H,2-3,11,13,16H2,1H3. The van der Waals surface area contributed by atoms with Crippen molar-refractivity contribution >= 4 is 33.7 Å². The zero-order valence-electron chi connectivity index (χ0n) is 18.6. The molecule has 0 fully saturated rings. The highest BCUT2D eigenvalue weighted by molar-refractivity contribution is 6.31.